The van der Waals surface area contributed by atoms with E-state index in [1.54, 1.807) is 7.05 Å². The molecule has 0 amide bonds. The van der Waals surface area contributed by atoms with Crippen LogP contribution in [0.4, 0.5) is 0 Å². The first-order chi connectivity index (χ1) is 12.2. The molecule has 1 aromatic carbocycles. The first kappa shape index (κ1) is 22.5. The third-order valence-corrected chi connectivity index (χ3v) is 4.14. The highest BCUT2D eigenvalue weighted by Gasteiger charge is 2.22. The van der Waals surface area contributed by atoms with Gasteiger partial charge in [-0.25, -0.2) is 0 Å². The predicted octanol–water partition coefficient (Wildman–Crippen LogP) is 3.10. The molecule has 0 radical (unpaired) electrons. The van der Waals surface area contributed by atoms with Gasteiger partial charge in [0.15, 0.2) is 5.96 Å². The molecule has 2 rings (SSSR count). The van der Waals surface area contributed by atoms with Gasteiger partial charge in [-0.3, -0.25) is 9.79 Å². The van der Waals surface area contributed by atoms with Crippen molar-refractivity contribution in [1.82, 2.24) is 10.6 Å². The van der Waals surface area contributed by atoms with Crippen LogP contribution < -0.4 is 15.4 Å². The number of guanidine groups is 1. The quantitative estimate of drug-likeness (QED) is 0.179. The van der Waals surface area contributed by atoms with E-state index in [0.717, 1.165) is 49.2 Å². The number of benzene rings is 1. The molecular weight excluding hydrogens is 445 g/mol. The van der Waals surface area contributed by atoms with E-state index < -0.39 is 0 Å². The summed E-state index contributed by atoms with van der Waals surface area (Å²) < 4.78 is 10.6. The van der Waals surface area contributed by atoms with Crippen LogP contribution in [-0.4, -0.2) is 39.2 Å². The molecule has 1 fully saturated rings. The SMILES string of the molecule is CN=C(NCCCCC(=O)OC)NCc1ccccc1OCC1CC1.I. The summed E-state index contributed by atoms with van der Waals surface area (Å²) in [5, 5.41) is 6.56. The molecule has 0 unspecified atom stereocenters. The van der Waals surface area contributed by atoms with Crippen LogP contribution in [0.1, 0.15) is 37.7 Å². The van der Waals surface area contributed by atoms with Crippen LogP contribution in [-0.2, 0) is 16.1 Å². The van der Waals surface area contributed by atoms with Gasteiger partial charge in [0.2, 0.25) is 0 Å². The first-order valence-corrected chi connectivity index (χ1v) is 8.95. The second-order valence-corrected chi connectivity index (χ2v) is 6.25. The molecule has 0 atom stereocenters. The number of hydrogen-bond donors (Lipinski definition) is 2. The number of para-hydroxylation sites is 1. The zero-order chi connectivity index (χ0) is 17.9. The van der Waals surface area contributed by atoms with Crippen molar-refractivity contribution < 1.29 is 14.3 Å². The average Bonchev–Trinajstić information content (AvgIpc) is 3.47. The van der Waals surface area contributed by atoms with Gasteiger partial charge in [-0.2, -0.15) is 0 Å². The number of carbonyl (C=O) groups excluding carboxylic acids is 1. The Bertz CT molecular complexity index is 577. The van der Waals surface area contributed by atoms with Gasteiger partial charge < -0.3 is 20.1 Å². The smallest absolute Gasteiger partial charge is 0.305 e. The average molecular weight is 475 g/mol. The maximum Gasteiger partial charge on any atom is 0.305 e. The molecule has 0 aliphatic heterocycles. The largest absolute Gasteiger partial charge is 0.493 e. The fraction of sp³-hybridized carbons (Fsp3) is 0.579. The third kappa shape index (κ3) is 8.73. The summed E-state index contributed by atoms with van der Waals surface area (Å²) in [6.07, 6.45) is 4.71. The fourth-order valence-electron chi connectivity index (χ4n) is 2.39. The lowest BCUT2D eigenvalue weighted by molar-refractivity contribution is -0.140. The molecule has 0 spiro atoms. The predicted molar refractivity (Wildman–Crippen MR) is 114 cm³/mol. The Labute approximate surface area is 173 Å². The van der Waals surface area contributed by atoms with Crippen molar-refractivity contribution in [2.45, 2.75) is 38.6 Å². The van der Waals surface area contributed by atoms with Crippen LogP contribution in [0.2, 0.25) is 0 Å². The Hall–Kier alpha value is -1.51. The minimum absolute atomic E-state index is 0. The number of methoxy groups -OCH3 is 1. The van der Waals surface area contributed by atoms with E-state index in [1.807, 2.05) is 18.2 Å². The number of hydrogen-bond acceptors (Lipinski definition) is 4. The van der Waals surface area contributed by atoms with Gasteiger partial charge in [-0.1, -0.05) is 18.2 Å². The standard InChI is InChI=1S/C19H29N3O3.HI/c1-20-19(21-12-6-5-9-18(23)24-2)22-13-16-7-3-4-8-17(16)25-14-15-10-11-15;/h3-4,7-8,15H,5-6,9-14H2,1-2H3,(H2,20,21,22);1H. The van der Waals surface area contributed by atoms with Crippen LogP contribution in [0.3, 0.4) is 0 Å². The van der Waals surface area contributed by atoms with E-state index in [-0.39, 0.29) is 29.9 Å². The lowest BCUT2D eigenvalue weighted by atomic mass is 10.2. The molecule has 0 bridgehead atoms. The van der Waals surface area contributed by atoms with Crippen LogP contribution in [0, 0.1) is 5.92 Å². The van der Waals surface area contributed by atoms with Gasteiger partial charge in [0.05, 0.1) is 13.7 Å². The molecule has 1 aliphatic carbocycles. The Balaban J connectivity index is 0.00000338. The fourth-order valence-corrected chi connectivity index (χ4v) is 2.39. The second kappa shape index (κ2) is 12.8. The van der Waals surface area contributed by atoms with E-state index in [9.17, 15) is 4.79 Å². The molecule has 1 aromatic rings. The summed E-state index contributed by atoms with van der Waals surface area (Å²) in [6.45, 7) is 2.23. The van der Waals surface area contributed by atoms with Crippen LogP contribution in [0.15, 0.2) is 29.3 Å². The summed E-state index contributed by atoms with van der Waals surface area (Å²) in [5.74, 6) is 2.26. The molecule has 0 heterocycles. The van der Waals surface area contributed by atoms with E-state index in [4.69, 9.17) is 4.74 Å². The number of nitrogens with one attached hydrogen (secondary N) is 2. The number of aliphatic imine (C=N–C) groups is 1. The molecule has 2 N–H and O–H groups in total. The Morgan fingerprint density at radius 3 is 2.69 bits per heavy atom. The van der Waals surface area contributed by atoms with Gasteiger partial charge in [0.1, 0.15) is 5.75 Å². The molecule has 6 nitrogen and oxygen atoms in total. The number of ether oxygens (including phenoxy) is 2. The van der Waals surface area contributed by atoms with Crippen molar-refractivity contribution in [3.8, 4) is 5.75 Å². The summed E-state index contributed by atoms with van der Waals surface area (Å²) in [7, 11) is 3.16. The summed E-state index contributed by atoms with van der Waals surface area (Å²) in [6, 6.07) is 8.10. The normalized spacial score (nSPS) is 13.5. The van der Waals surface area contributed by atoms with E-state index >= 15 is 0 Å². The van der Waals surface area contributed by atoms with Crippen molar-refractivity contribution >= 4 is 35.9 Å². The topological polar surface area (TPSA) is 72.0 Å². The van der Waals surface area contributed by atoms with E-state index in [0.29, 0.717) is 13.0 Å². The molecule has 1 saturated carbocycles. The highest BCUT2D eigenvalue weighted by atomic mass is 127. The number of unbranched alkanes of at least 4 members (excludes halogenated alkanes) is 1. The van der Waals surface area contributed by atoms with Crippen molar-refractivity contribution in [3.05, 3.63) is 29.8 Å². The van der Waals surface area contributed by atoms with E-state index in [1.165, 1.54) is 20.0 Å². The van der Waals surface area contributed by atoms with Gasteiger partial charge in [-0.15, -0.1) is 24.0 Å². The number of halogens is 1. The van der Waals surface area contributed by atoms with Gasteiger partial charge in [-0.05, 0) is 37.7 Å². The first-order valence-electron chi connectivity index (χ1n) is 8.95. The monoisotopic (exact) mass is 475 g/mol. The minimum Gasteiger partial charge on any atom is -0.493 e. The van der Waals surface area contributed by atoms with Crippen molar-refractivity contribution in [2.75, 3.05) is 27.3 Å². The molecule has 7 heteroatoms. The lowest BCUT2D eigenvalue weighted by Gasteiger charge is -2.14. The minimum atomic E-state index is -0.162. The highest BCUT2D eigenvalue weighted by Crippen LogP contribution is 2.30. The van der Waals surface area contributed by atoms with Crippen LogP contribution >= 0.6 is 24.0 Å². The maximum absolute atomic E-state index is 11.1. The Morgan fingerprint density at radius 2 is 2.00 bits per heavy atom. The molecular formula is C19H30IN3O3. The number of nitrogens with zero attached hydrogens (tertiary/aromatic N) is 1. The summed E-state index contributed by atoms with van der Waals surface area (Å²) in [4.78, 5) is 15.3. The Kier molecular flexibility index (Phi) is 11.1. The third-order valence-electron chi connectivity index (χ3n) is 4.14. The molecule has 26 heavy (non-hydrogen) atoms. The van der Waals surface area contributed by atoms with Gasteiger partial charge in [0.25, 0.3) is 0 Å². The second-order valence-electron chi connectivity index (χ2n) is 6.25. The van der Waals surface area contributed by atoms with Crippen LogP contribution in [0.5, 0.6) is 5.75 Å². The highest BCUT2D eigenvalue weighted by molar-refractivity contribution is 14.0. The number of carbonyl (C=O) groups is 1. The zero-order valence-corrected chi connectivity index (χ0v) is 18.0. The van der Waals surface area contributed by atoms with Crippen molar-refractivity contribution in [2.24, 2.45) is 10.9 Å². The molecule has 0 aromatic heterocycles. The Morgan fingerprint density at radius 1 is 1.23 bits per heavy atom. The van der Waals surface area contributed by atoms with Gasteiger partial charge in [0, 0.05) is 32.1 Å². The molecule has 0 saturated heterocycles. The lowest BCUT2D eigenvalue weighted by Crippen LogP contribution is -2.37. The summed E-state index contributed by atoms with van der Waals surface area (Å²) in [5.41, 5.74) is 1.12. The zero-order valence-electron chi connectivity index (χ0n) is 15.6. The van der Waals surface area contributed by atoms with Crippen molar-refractivity contribution in [3.63, 3.8) is 0 Å². The summed E-state index contributed by atoms with van der Waals surface area (Å²) >= 11 is 0. The van der Waals surface area contributed by atoms with Gasteiger partial charge >= 0.3 is 5.97 Å². The number of esters is 1. The molecule has 146 valence electrons. The maximum atomic E-state index is 11.1. The van der Waals surface area contributed by atoms with Crippen LogP contribution in [0.25, 0.3) is 0 Å². The van der Waals surface area contributed by atoms with E-state index in [2.05, 4.69) is 26.4 Å². The number of rotatable bonds is 10. The molecule has 1 aliphatic rings. The van der Waals surface area contributed by atoms with Crippen molar-refractivity contribution in [1.29, 1.82) is 0 Å².